The van der Waals surface area contributed by atoms with Crippen molar-refractivity contribution in [3.63, 3.8) is 0 Å². The van der Waals surface area contributed by atoms with Crippen LogP contribution in [-0.2, 0) is 16.0 Å². The molecule has 0 unspecified atom stereocenters. The summed E-state index contributed by atoms with van der Waals surface area (Å²) in [5, 5.41) is 0. The Bertz CT molecular complexity index is 354. The zero-order valence-electron chi connectivity index (χ0n) is 11.7. The van der Waals surface area contributed by atoms with Crippen molar-refractivity contribution in [1.82, 2.24) is 4.90 Å². The molecule has 0 saturated heterocycles. The van der Waals surface area contributed by atoms with Crippen molar-refractivity contribution < 1.29 is 13.9 Å². The molecule has 0 saturated carbocycles. The van der Waals surface area contributed by atoms with Gasteiger partial charge in [0.05, 0.1) is 6.61 Å². The largest absolute Gasteiger partial charge is 0.398 e. The molecule has 0 aliphatic heterocycles. The van der Waals surface area contributed by atoms with E-state index in [2.05, 4.69) is 4.90 Å². The van der Waals surface area contributed by atoms with E-state index in [9.17, 15) is 4.39 Å². The van der Waals surface area contributed by atoms with Crippen LogP contribution in [0, 0.1) is 5.82 Å². The number of nitrogens with zero attached hydrogens (tertiary/aromatic N) is 1. The van der Waals surface area contributed by atoms with Crippen molar-refractivity contribution in [3.05, 3.63) is 29.6 Å². The summed E-state index contributed by atoms with van der Waals surface area (Å²) in [4.78, 5) is 2.12. The Balaban J connectivity index is 2.64. The van der Waals surface area contributed by atoms with Gasteiger partial charge in [0.25, 0.3) is 0 Å². The smallest absolute Gasteiger partial charge is 0.129 e. The molecule has 0 spiro atoms. The fraction of sp³-hybridized carbons (Fsp3) is 0.571. The molecular weight excluding hydrogens is 247 g/mol. The SMILES string of the molecule is COCCCN(CCOC)Cc1c(N)cccc1F. The number of methoxy groups -OCH3 is 2. The van der Waals surface area contributed by atoms with Gasteiger partial charge in [-0.1, -0.05) is 6.07 Å². The number of benzene rings is 1. The summed E-state index contributed by atoms with van der Waals surface area (Å²) >= 11 is 0. The highest BCUT2D eigenvalue weighted by atomic mass is 19.1. The standard InChI is InChI=1S/C14H23FN2O2/c1-18-9-4-7-17(8-10-19-2)11-12-13(15)5-3-6-14(12)16/h3,5-6H,4,7-11,16H2,1-2H3. The molecule has 108 valence electrons. The second-order valence-corrected chi connectivity index (χ2v) is 4.42. The molecule has 2 N–H and O–H groups in total. The molecule has 4 nitrogen and oxygen atoms in total. The van der Waals surface area contributed by atoms with Gasteiger partial charge in [-0.15, -0.1) is 0 Å². The predicted molar refractivity (Wildman–Crippen MR) is 74.5 cm³/mol. The number of nitrogens with two attached hydrogens (primary N) is 1. The van der Waals surface area contributed by atoms with Crippen molar-refractivity contribution in [2.24, 2.45) is 0 Å². The maximum atomic E-state index is 13.8. The van der Waals surface area contributed by atoms with E-state index in [0.29, 0.717) is 31.0 Å². The minimum Gasteiger partial charge on any atom is -0.398 e. The third-order valence-electron chi connectivity index (χ3n) is 2.97. The summed E-state index contributed by atoms with van der Waals surface area (Å²) in [5.74, 6) is -0.255. The predicted octanol–water partition coefficient (Wildman–Crippen LogP) is 1.89. The van der Waals surface area contributed by atoms with E-state index in [4.69, 9.17) is 15.2 Å². The van der Waals surface area contributed by atoms with E-state index in [1.54, 1.807) is 26.4 Å². The zero-order chi connectivity index (χ0) is 14.1. The molecular formula is C14H23FN2O2. The van der Waals surface area contributed by atoms with Crippen molar-refractivity contribution in [2.45, 2.75) is 13.0 Å². The van der Waals surface area contributed by atoms with Crippen LogP contribution in [0.25, 0.3) is 0 Å². The number of ether oxygens (including phenoxy) is 2. The lowest BCUT2D eigenvalue weighted by molar-refractivity contribution is 0.128. The molecule has 1 aromatic rings. The third-order valence-corrected chi connectivity index (χ3v) is 2.97. The van der Waals surface area contributed by atoms with Gasteiger partial charge in [-0.25, -0.2) is 4.39 Å². The quantitative estimate of drug-likeness (QED) is 0.550. The van der Waals surface area contributed by atoms with Gasteiger partial charge in [-0.2, -0.15) is 0 Å². The number of rotatable bonds is 9. The van der Waals surface area contributed by atoms with Gasteiger partial charge in [0.15, 0.2) is 0 Å². The van der Waals surface area contributed by atoms with Crippen LogP contribution in [0.3, 0.4) is 0 Å². The number of nitrogen functional groups attached to an aromatic ring is 1. The molecule has 5 heteroatoms. The van der Waals surface area contributed by atoms with Crippen LogP contribution in [-0.4, -0.2) is 45.4 Å². The Morgan fingerprint density at radius 1 is 1.16 bits per heavy atom. The van der Waals surface area contributed by atoms with Crippen LogP contribution < -0.4 is 5.73 Å². The Labute approximate surface area is 114 Å². The van der Waals surface area contributed by atoms with Crippen molar-refractivity contribution in [3.8, 4) is 0 Å². The third kappa shape index (κ3) is 5.55. The summed E-state index contributed by atoms with van der Waals surface area (Å²) in [6, 6.07) is 4.79. The van der Waals surface area contributed by atoms with Crippen molar-refractivity contribution >= 4 is 5.69 Å². The summed E-state index contributed by atoms with van der Waals surface area (Å²) in [5.41, 5.74) is 6.88. The molecule has 1 rings (SSSR count). The van der Waals surface area contributed by atoms with Crippen molar-refractivity contribution in [1.29, 1.82) is 0 Å². The first kappa shape index (κ1) is 15.9. The fourth-order valence-electron chi connectivity index (χ4n) is 1.89. The topological polar surface area (TPSA) is 47.7 Å². The number of halogens is 1. The number of hydrogen-bond acceptors (Lipinski definition) is 4. The molecule has 0 radical (unpaired) electrons. The Kier molecular flexibility index (Phi) is 7.40. The van der Waals surface area contributed by atoms with Crippen LogP contribution in [0.5, 0.6) is 0 Å². The molecule has 0 aromatic heterocycles. The lowest BCUT2D eigenvalue weighted by Crippen LogP contribution is -2.29. The van der Waals surface area contributed by atoms with Gasteiger partial charge in [-0.3, -0.25) is 4.90 Å². The van der Waals surface area contributed by atoms with Crippen LogP contribution in [0.1, 0.15) is 12.0 Å². The first-order valence-electron chi connectivity index (χ1n) is 6.42. The molecule has 0 heterocycles. The van der Waals surface area contributed by atoms with Crippen LogP contribution in [0.15, 0.2) is 18.2 Å². The summed E-state index contributed by atoms with van der Waals surface area (Å²) < 4.78 is 23.9. The van der Waals surface area contributed by atoms with Gasteiger partial charge < -0.3 is 15.2 Å². The summed E-state index contributed by atoms with van der Waals surface area (Å²) in [7, 11) is 3.33. The van der Waals surface area contributed by atoms with E-state index in [1.165, 1.54) is 6.07 Å². The van der Waals surface area contributed by atoms with Crippen LogP contribution >= 0.6 is 0 Å². The fourth-order valence-corrected chi connectivity index (χ4v) is 1.89. The first-order valence-corrected chi connectivity index (χ1v) is 6.42. The molecule has 0 atom stereocenters. The Morgan fingerprint density at radius 2 is 1.89 bits per heavy atom. The zero-order valence-corrected chi connectivity index (χ0v) is 11.7. The first-order chi connectivity index (χ1) is 9.19. The minimum atomic E-state index is -0.255. The van der Waals surface area contributed by atoms with E-state index in [0.717, 1.165) is 19.5 Å². The maximum Gasteiger partial charge on any atom is 0.129 e. The van der Waals surface area contributed by atoms with Crippen molar-refractivity contribution in [2.75, 3.05) is 46.3 Å². The van der Waals surface area contributed by atoms with E-state index < -0.39 is 0 Å². The molecule has 0 aliphatic carbocycles. The minimum absolute atomic E-state index is 0.255. The summed E-state index contributed by atoms with van der Waals surface area (Å²) in [6.45, 7) is 3.36. The van der Waals surface area contributed by atoms with E-state index >= 15 is 0 Å². The lowest BCUT2D eigenvalue weighted by atomic mass is 10.1. The van der Waals surface area contributed by atoms with Gasteiger partial charge >= 0.3 is 0 Å². The normalized spacial score (nSPS) is 11.2. The average molecular weight is 270 g/mol. The monoisotopic (exact) mass is 270 g/mol. The molecule has 0 amide bonds. The number of hydrogen-bond donors (Lipinski definition) is 1. The Morgan fingerprint density at radius 3 is 2.53 bits per heavy atom. The Hall–Kier alpha value is -1.17. The van der Waals surface area contributed by atoms with Gasteiger partial charge in [0.2, 0.25) is 0 Å². The lowest BCUT2D eigenvalue weighted by Gasteiger charge is -2.23. The molecule has 0 aliphatic rings. The maximum absolute atomic E-state index is 13.8. The highest BCUT2D eigenvalue weighted by Gasteiger charge is 2.11. The molecule has 1 aromatic carbocycles. The van der Waals surface area contributed by atoms with Gasteiger partial charge in [-0.05, 0) is 18.6 Å². The molecule has 0 bridgehead atoms. The molecule has 0 fully saturated rings. The second-order valence-electron chi connectivity index (χ2n) is 4.42. The molecule has 19 heavy (non-hydrogen) atoms. The second kappa shape index (κ2) is 8.85. The average Bonchev–Trinajstić information content (AvgIpc) is 2.39. The highest BCUT2D eigenvalue weighted by Crippen LogP contribution is 2.17. The van der Waals surface area contributed by atoms with E-state index in [1.807, 2.05) is 0 Å². The van der Waals surface area contributed by atoms with Gasteiger partial charge in [0, 0.05) is 51.7 Å². The van der Waals surface area contributed by atoms with Crippen LogP contribution in [0.2, 0.25) is 0 Å². The summed E-state index contributed by atoms with van der Waals surface area (Å²) in [6.07, 6.45) is 0.897. The van der Waals surface area contributed by atoms with Crippen LogP contribution in [0.4, 0.5) is 10.1 Å². The van der Waals surface area contributed by atoms with Gasteiger partial charge in [0.1, 0.15) is 5.82 Å². The highest BCUT2D eigenvalue weighted by molar-refractivity contribution is 5.47. The number of anilines is 1. The van der Waals surface area contributed by atoms with E-state index in [-0.39, 0.29) is 5.82 Å².